The molecular weight excluding hydrogens is 382 g/mol. The highest BCUT2D eigenvalue weighted by Crippen LogP contribution is 2.23. The molecule has 152 valence electrons. The van der Waals surface area contributed by atoms with Crippen LogP contribution in [0.4, 0.5) is 5.82 Å². The Morgan fingerprint density at radius 2 is 2.00 bits per heavy atom. The number of nitrogens with one attached hydrogen (secondary N) is 1. The van der Waals surface area contributed by atoms with E-state index >= 15 is 0 Å². The van der Waals surface area contributed by atoms with Gasteiger partial charge in [-0.1, -0.05) is 24.3 Å². The minimum Gasteiger partial charge on any atom is -0.494 e. The maximum Gasteiger partial charge on any atom is 0.337 e. The number of hydrogen-bond acceptors (Lipinski definition) is 5. The molecular formula is C23H21N3O4. The number of hydrogen-bond donors (Lipinski definition) is 1. The molecule has 30 heavy (non-hydrogen) atoms. The van der Waals surface area contributed by atoms with Crippen LogP contribution in [0.5, 0.6) is 5.75 Å². The van der Waals surface area contributed by atoms with Crippen molar-refractivity contribution in [3.8, 4) is 5.75 Å². The molecule has 0 unspecified atom stereocenters. The van der Waals surface area contributed by atoms with Crippen molar-refractivity contribution in [1.82, 2.24) is 9.78 Å². The number of benzene rings is 2. The van der Waals surface area contributed by atoms with Crippen LogP contribution in [0.25, 0.3) is 11.0 Å². The second kappa shape index (κ2) is 8.24. The largest absolute Gasteiger partial charge is 0.494 e. The summed E-state index contributed by atoms with van der Waals surface area (Å²) in [5.74, 6) is 0.541. The van der Waals surface area contributed by atoms with E-state index in [2.05, 4.69) is 10.4 Å². The quantitative estimate of drug-likeness (QED) is 0.492. The molecule has 0 spiro atoms. The number of aryl methyl sites for hydroxylation is 1. The van der Waals surface area contributed by atoms with Gasteiger partial charge in [-0.15, -0.1) is 0 Å². The predicted molar refractivity (Wildman–Crippen MR) is 114 cm³/mol. The Morgan fingerprint density at radius 1 is 1.17 bits per heavy atom. The predicted octanol–water partition coefficient (Wildman–Crippen LogP) is 4.00. The van der Waals surface area contributed by atoms with E-state index in [1.54, 1.807) is 35.1 Å². The summed E-state index contributed by atoms with van der Waals surface area (Å²) in [4.78, 5) is 24.8. The normalized spacial score (nSPS) is 10.9. The van der Waals surface area contributed by atoms with Crippen molar-refractivity contribution in [2.24, 2.45) is 0 Å². The van der Waals surface area contributed by atoms with Gasteiger partial charge in [0.25, 0.3) is 5.91 Å². The molecule has 2 heterocycles. The minimum absolute atomic E-state index is 0.220. The molecule has 0 radical (unpaired) electrons. The topological polar surface area (TPSA) is 86.4 Å². The number of carbonyl (C=O) groups excluding carboxylic acids is 1. The molecule has 0 aliphatic heterocycles. The summed E-state index contributed by atoms with van der Waals surface area (Å²) in [6.07, 6.45) is 1.80. The van der Waals surface area contributed by atoms with Gasteiger partial charge in [0.15, 0.2) is 5.82 Å². The summed E-state index contributed by atoms with van der Waals surface area (Å²) in [5, 5.41) is 7.69. The van der Waals surface area contributed by atoms with Crippen LogP contribution in [-0.4, -0.2) is 22.3 Å². The highest BCUT2D eigenvalue weighted by molar-refractivity contribution is 6.11. The van der Waals surface area contributed by atoms with Crippen molar-refractivity contribution in [1.29, 1.82) is 0 Å². The average Bonchev–Trinajstić information content (AvgIpc) is 3.16. The van der Waals surface area contributed by atoms with Crippen molar-refractivity contribution >= 4 is 22.7 Å². The maximum absolute atomic E-state index is 12.8. The maximum atomic E-state index is 12.8. The summed E-state index contributed by atoms with van der Waals surface area (Å²) in [5.41, 5.74) is 2.23. The summed E-state index contributed by atoms with van der Waals surface area (Å²) in [6.45, 7) is 4.99. The molecule has 7 nitrogen and oxygen atoms in total. The van der Waals surface area contributed by atoms with Crippen LogP contribution in [0.1, 0.15) is 28.4 Å². The molecule has 0 aliphatic carbocycles. The lowest BCUT2D eigenvalue weighted by molar-refractivity contribution is 0.102. The van der Waals surface area contributed by atoms with Gasteiger partial charge in [0.05, 0.1) is 18.7 Å². The SMILES string of the molecule is CCOc1ccc2c(C(=O)Nc3ccn(Cc4ccccc4C)n3)cc(=O)oc2c1. The van der Waals surface area contributed by atoms with E-state index in [1.807, 2.05) is 38.1 Å². The van der Waals surface area contributed by atoms with Crippen LogP contribution in [0.3, 0.4) is 0 Å². The number of carbonyl (C=O) groups is 1. The first kappa shape index (κ1) is 19.4. The number of fused-ring (bicyclic) bond motifs is 1. The Morgan fingerprint density at radius 3 is 2.80 bits per heavy atom. The lowest BCUT2D eigenvalue weighted by Gasteiger charge is -2.08. The standard InChI is InChI=1S/C23H21N3O4/c1-3-29-17-8-9-18-19(13-22(27)30-20(18)12-17)23(28)24-21-10-11-26(25-21)14-16-7-5-4-6-15(16)2/h4-13H,3,14H2,1-2H3,(H,24,25,28). The fourth-order valence-corrected chi connectivity index (χ4v) is 3.25. The molecule has 0 fully saturated rings. The highest BCUT2D eigenvalue weighted by atomic mass is 16.5. The first-order valence-electron chi connectivity index (χ1n) is 9.63. The van der Waals surface area contributed by atoms with Crippen LogP contribution in [0.15, 0.2) is 70.0 Å². The van der Waals surface area contributed by atoms with E-state index in [1.165, 1.54) is 11.6 Å². The smallest absolute Gasteiger partial charge is 0.337 e. The van der Waals surface area contributed by atoms with Gasteiger partial charge in [-0.3, -0.25) is 9.48 Å². The molecule has 0 saturated carbocycles. The van der Waals surface area contributed by atoms with Gasteiger partial charge in [-0.2, -0.15) is 5.10 Å². The fraction of sp³-hybridized carbons (Fsp3) is 0.174. The Labute approximate surface area is 172 Å². The summed E-state index contributed by atoms with van der Waals surface area (Å²) >= 11 is 0. The number of nitrogens with zero attached hydrogens (tertiary/aromatic N) is 2. The van der Waals surface area contributed by atoms with E-state index < -0.39 is 11.5 Å². The molecule has 7 heteroatoms. The molecule has 0 aliphatic rings. The summed E-state index contributed by atoms with van der Waals surface area (Å²) in [6, 6.07) is 16.0. The molecule has 1 N–H and O–H groups in total. The van der Waals surface area contributed by atoms with Crippen molar-refractivity contribution in [3.05, 3.63) is 87.9 Å². The summed E-state index contributed by atoms with van der Waals surface area (Å²) < 4.78 is 12.4. The summed E-state index contributed by atoms with van der Waals surface area (Å²) in [7, 11) is 0. The number of amides is 1. The molecule has 4 aromatic rings. The van der Waals surface area contributed by atoms with Crippen LogP contribution >= 0.6 is 0 Å². The van der Waals surface area contributed by atoms with Gasteiger partial charge in [0.1, 0.15) is 11.3 Å². The first-order valence-corrected chi connectivity index (χ1v) is 9.63. The van der Waals surface area contributed by atoms with E-state index in [0.29, 0.717) is 35.7 Å². The second-order valence-electron chi connectivity index (χ2n) is 6.85. The van der Waals surface area contributed by atoms with Crippen molar-refractivity contribution in [2.45, 2.75) is 20.4 Å². The molecule has 0 atom stereocenters. The van der Waals surface area contributed by atoms with Crippen LogP contribution in [0.2, 0.25) is 0 Å². The number of anilines is 1. The fourth-order valence-electron chi connectivity index (χ4n) is 3.25. The van der Waals surface area contributed by atoms with Crippen LogP contribution < -0.4 is 15.7 Å². The zero-order valence-electron chi connectivity index (χ0n) is 16.7. The van der Waals surface area contributed by atoms with E-state index in [0.717, 1.165) is 5.56 Å². The molecule has 1 amide bonds. The lowest BCUT2D eigenvalue weighted by Crippen LogP contribution is -2.16. The third-order valence-corrected chi connectivity index (χ3v) is 4.75. The molecule has 4 rings (SSSR count). The molecule has 0 bridgehead atoms. The lowest BCUT2D eigenvalue weighted by atomic mass is 10.1. The number of rotatable bonds is 6. The van der Waals surface area contributed by atoms with Gasteiger partial charge in [-0.05, 0) is 37.1 Å². The third kappa shape index (κ3) is 4.10. The van der Waals surface area contributed by atoms with Crippen LogP contribution in [-0.2, 0) is 6.54 Å². The number of ether oxygens (including phenoxy) is 1. The Bertz CT molecular complexity index is 1270. The van der Waals surface area contributed by atoms with Crippen molar-refractivity contribution in [3.63, 3.8) is 0 Å². The van der Waals surface area contributed by atoms with E-state index in [-0.39, 0.29) is 5.56 Å². The highest BCUT2D eigenvalue weighted by Gasteiger charge is 2.15. The third-order valence-electron chi connectivity index (χ3n) is 4.75. The Hall–Kier alpha value is -3.87. The van der Waals surface area contributed by atoms with Gasteiger partial charge in [0, 0.05) is 29.8 Å². The zero-order valence-corrected chi connectivity index (χ0v) is 16.7. The van der Waals surface area contributed by atoms with E-state index in [9.17, 15) is 9.59 Å². The van der Waals surface area contributed by atoms with Crippen molar-refractivity contribution in [2.75, 3.05) is 11.9 Å². The van der Waals surface area contributed by atoms with E-state index in [4.69, 9.17) is 9.15 Å². The molecule has 0 saturated heterocycles. The van der Waals surface area contributed by atoms with Crippen molar-refractivity contribution < 1.29 is 13.9 Å². The first-order chi connectivity index (χ1) is 14.5. The molecule has 2 aromatic heterocycles. The van der Waals surface area contributed by atoms with Crippen LogP contribution in [0, 0.1) is 6.92 Å². The monoisotopic (exact) mass is 403 g/mol. The van der Waals surface area contributed by atoms with Gasteiger partial charge in [-0.25, -0.2) is 4.79 Å². The van der Waals surface area contributed by atoms with Gasteiger partial charge < -0.3 is 14.5 Å². The Kier molecular flexibility index (Phi) is 5.34. The Balaban J connectivity index is 1.57. The second-order valence-corrected chi connectivity index (χ2v) is 6.85. The van der Waals surface area contributed by atoms with Gasteiger partial charge >= 0.3 is 5.63 Å². The molecule has 2 aromatic carbocycles. The minimum atomic E-state index is -0.605. The number of aromatic nitrogens is 2. The van der Waals surface area contributed by atoms with Gasteiger partial charge in [0.2, 0.25) is 0 Å². The zero-order chi connectivity index (χ0) is 21.1. The average molecular weight is 403 g/mol.